The Labute approximate surface area is 238 Å². The molecule has 1 heterocycles. The Morgan fingerprint density at radius 1 is 0.854 bits per heavy atom. The number of carboxylic acid groups (broad SMARTS) is 1. The number of aliphatic hydroxyl groups excluding tert-OH is 1. The highest BCUT2D eigenvalue weighted by Crippen LogP contribution is 2.20. The second-order valence-electron chi connectivity index (χ2n) is 10.4. The van der Waals surface area contributed by atoms with Crippen molar-refractivity contribution >= 4 is 34.6 Å². The van der Waals surface area contributed by atoms with Crippen molar-refractivity contribution < 1.29 is 29.4 Å². The molecule has 0 fully saturated rings. The van der Waals surface area contributed by atoms with Gasteiger partial charge in [-0.05, 0) is 36.5 Å². The Morgan fingerprint density at radius 2 is 1.49 bits per heavy atom. The van der Waals surface area contributed by atoms with E-state index in [0.717, 1.165) is 22.0 Å². The molecule has 8 N–H and O–H groups in total. The number of fused-ring (bicyclic) bond motifs is 1. The molecule has 0 aliphatic rings. The monoisotopic (exact) mass is 565 g/mol. The minimum Gasteiger partial charge on any atom is -0.480 e. The van der Waals surface area contributed by atoms with Crippen molar-refractivity contribution in [3.63, 3.8) is 0 Å². The highest BCUT2D eigenvalue weighted by atomic mass is 16.4. The first-order chi connectivity index (χ1) is 19.5. The number of carbonyl (C=O) groups is 4. The smallest absolute Gasteiger partial charge is 0.328 e. The van der Waals surface area contributed by atoms with Crippen molar-refractivity contribution in [1.82, 2.24) is 20.9 Å². The van der Waals surface area contributed by atoms with Crippen LogP contribution in [0.15, 0.2) is 60.8 Å². The van der Waals surface area contributed by atoms with Gasteiger partial charge < -0.3 is 36.9 Å². The van der Waals surface area contributed by atoms with Gasteiger partial charge in [0.1, 0.15) is 12.1 Å². The summed E-state index contributed by atoms with van der Waals surface area (Å²) in [5.74, 6) is -3.62. The molecule has 0 saturated heterocycles. The molecule has 41 heavy (non-hydrogen) atoms. The summed E-state index contributed by atoms with van der Waals surface area (Å²) < 4.78 is 0. The van der Waals surface area contributed by atoms with Crippen molar-refractivity contribution in [3.05, 3.63) is 71.9 Å². The van der Waals surface area contributed by atoms with Gasteiger partial charge in [-0.2, -0.15) is 0 Å². The number of hydrogen-bond donors (Lipinski definition) is 7. The number of carbonyl (C=O) groups excluding carboxylic acids is 3. The van der Waals surface area contributed by atoms with Gasteiger partial charge in [-0.1, -0.05) is 68.8 Å². The first-order valence-electron chi connectivity index (χ1n) is 13.7. The third-order valence-corrected chi connectivity index (χ3v) is 7.21. The van der Waals surface area contributed by atoms with Crippen molar-refractivity contribution in [2.45, 2.75) is 70.3 Å². The fourth-order valence-corrected chi connectivity index (χ4v) is 4.56. The summed E-state index contributed by atoms with van der Waals surface area (Å²) in [6.45, 7) is 4.92. The van der Waals surface area contributed by atoms with E-state index in [0.29, 0.717) is 6.42 Å². The molecule has 0 radical (unpaired) electrons. The number of aliphatic carboxylic acids is 1. The predicted molar refractivity (Wildman–Crippen MR) is 155 cm³/mol. The Hall–Kier alpha value is -4.22. The van der Waals surface area contributed by atoms with Crippen LogP contribution in [0.25, 0.3) is 10.9 Å². The van der Waals surface area contributed by atoms with Crippen LogP contribution in [0.5, 0.6) is 0 Å². The number of hydrogen-bond acceptors (Lipinski definition) is 6. The SMILES string of the molecule is CCC(C)C(NC(=O)C(N)Cc1ccccc1)C(=O)NC(Cc1c[nH]c2ccccc12)C(=O)NC(C(=O)O)C(C)O. The number of rotatable bonds is 14. The number of aromatic nitrogens is 1. The van der Waals surface area contributed by atoms with Crippen LogP contribution in [0.4, 0.5) is 0 Å². The van der Waals surface area contributed by atoms with E-state index in [1.165, 1.54) is 6.92 Å². The highest BCUT2D eigenvalue weighted by molar-refractivity contribution is 5.95. The molecule has 3 aromatic rings. The van der Waals surface area contributed by atoms with Crippen molar-refractivity contribution in [2.75, 3.05) is 0 Å². The normalized spacial score (nSPS) is 15.6. The highest BCUT2D eigenvalue weighted by Gasteiger charge is 2.34. The van der Waals surface area contributed by atoms with E-state index in [1.807, 2.05) is 61.5 Å². The molecule has 11 heteroatoms. The molecule has 220 valence electrons. The van der Waals surface area contributed by atoms with Crippen LogP contribution in [-0.4, -0.2) is 69.2 Å². The lowest BCUT2D eigenvalue weighted by Gasteiger charge is -2.28. The summed E-state index contributed by atoms with van der Waals surface area (Å²) in [5, 5.41) is 28.0. The van der Waals surface area contributed by atoms with Crippen LogP contribution in [0.1, 0.15) is 38.3 Å². The molecule has 0 aliphatic carbocycles. The Morgan fingerprint density at radius 3 is 2.12 bits per heavy atom. The van der Waals surface area contributed by atoms with Crippen LogP contribution in [0, 0.1) is 5.92 Å². The average Bonchev–Trinajstić information content (AvgIpc) is 3.36. The van der Waals surface area contributed by atoms with Gasteiger partial charge in [0.25, 0.3) is 0 Å². The summed E-state index contributed by atoms with van der Waals surface area (Å²) in [4.78, 5) is 54.7. The van der Waals surface area contributed by atoms with Gasteiger partial charge in [-0.25, -0.2) is 4.79 Å². The van der Waals surface area contributed by atoms with Crippen LogP contribution in [-0.2, 0) is 32.0 Å². The molecular formula is C30H39N5O6. The predicted octanol–water partition coefficient (Wildman–Crippen LogP) is 1.25. The molecule has 11 nitrogen and oxygen atoms in total. The fourth-order valence-electron chi connectivity index (χ4n) is 4.56. The van der Waals surface area contributed by atoms with Crippen molar-refractivity contribution in [1.29, 1.82) is 0 Å². The molecule has 0 spiro atoms. The Bertz CT molecular complexity index is 1340. The molecule has 0 aliphatic heterocycles. The zero-order chi connectivity index (χ0) is 30.1. The van der Waals surface area contributed by atoms with Gasteiger partial charge in [0.05, 0.1) is 12.1 Å². The van der Waals surface area contributed by atoms with Gasteiger partial charge in [0, 0.05) is 23.5 Å². The molecule has 0 bridgehead atoms. The average molecular weight is 566 g/mol. The summed E-state index contributed by atoms with van der Waals surface area (Å²) in [6, 6.07) is 12.0. The number of H-pyrrole nitrogens is 1. The summed E-state index contributed by atoms with van der Waals surface area (Å²) >= 11 is 0. The number of carboxylic acids is 1. The third kappa shape index (κ3) is 8.38. The quantitative estimate of drug-likeness (QED) is 0.153. The number of aliphatic hydroxyl groups is 1. The topological polar surface area (TPSA) is 187 Å². The van der Waals surface area contributed by atoms with E-state index < -0.39 is 54.0 Å². The summed E-state index contributed by atoms with van der Waals surface area (Å²) in [5.41, 5.74) is 8.58. The van der Waals surface area contributed by atoms with Crippen LogP contribution >= 0.6 is 0 Å². The van der Waals surface area contributed by atoms with Crippen molar-refractivity contribution in [2.24, 2.45) is 11.7 Å². The number of nitrogens with one attached hydrogen (secondary N) is 4. The second-order valence-corrected chi connectivity index (χ2v) is 10.4. The van der Waals surface area contributed by atoms with Gasteiger partial charge in [-0.3, -0.25) is 14.4 Å². The molecular weight excluding hydrogens is 526 g/mol. The van der Waals surface area contributed by atoms with E-state index in [2.05, 4.69) is 20.9 Å². The van der Waals surface area contributed by atoms with Gasteiger partial charge in [-0.15, -0.1) is 0 Å². The lowest BCUT2D eigenvalue weighted by atomic mass is 9.96. The van der Waals surface area contributed by atoms with Crippen LogP contribution in [0.3, 0.4) is 0 Å². The fraction of sp³-hybridized carbons (Fsp3) is 0.400. The standard InChI is InChI=1S/C30H39N5O6/c1-4-17(2)25(34-27(37)22(31)14-19-10-6-5-7-11-19)29(39)33-24(28(38)35-26(18(3)36)30(40)41)15-20-16-32-23-13-9-8-12-21(20)23/h5-13,16-18,22,24-26,32,36H,4,14-15,31H2,1-3H3,(H,33,39)(H,34,37)(H,35,38)(H,40,41). The van der Waals surface area contributed by atoms with Gasteiger partial charge in [0.2, 0.25) is 17.7 Å². The van der Waals surface area contributed by atoms with E-state index in [9.17, 15) is 29.4 Å². The second kappa shape index (κ2) is 14.4. The molecule has 6 atom stereocenters. The minimum absolute atomic E-state index is 0.0302. The molecule has 3 amide bonds. The Kier molecular flexibility index (Phi) is 11.0. The number of nitrogens with two attached hydrogens (primary N) is 1. The number of para-hydroxylation sites is 1. The van der Waals surface area contributed by atoms with Crippen molar-refractivity contribution in [3.8, 4) is 0 Å². The van der Waals surface area contributed by atoms with Crippen LogP contribution < -0.4 is 21.7 Å². The first kappa shape index (κ1) is 31.3. The van der Waals surface area contributed by atoms with Gasteiger partial charge >= 0.3 is 5.97 Å². The maximum atomic E-state index is 13.6. The van der Waals surface area contributed by atoms with Gasteiger partial charge in [0.15, 0.2) is 6.04 Å². The minimum atomic E-state index is -1.58. The zero-order valence-electron chi connectivity index (χ0n) is 23.5. The lowest BCUT2D eigenvalue weighted by molar-refractivity contribution is -0.145. The maximum Gasteiger partial charge on any atom is 0.328 e. The molecule has 1 aromatic heterocycles. The van der Waals surface area contributed by atoms with E-state index in [1.54, 1.807) is 13.1 Å². The maximum absolute atomic E-state index is 13.6. The number of aromatic amines is 1. The number of amides is 3. The molecule has 0 saturated carbocycles. The lowest BCUT2D eigenvalue weighted by Crippen LogP contribution is -2.60. The van der Waals surface area contributed by atoms with E-state index >= 15 is 0 Å². The molecule has 6 unspecified atom stereocenters. The molecule has 2 aromatic carbocycles. The first-order valence-corrected chi connectivity index (χ1v) is 13.7. The Balaban J connectivity index is 1.83. The third-order valence-electron chi connectivity index (χ3n) is 7.21. The summed E-state index contributed by atoms with van der Waals surface area (Å²) in [7, 11) is 0. The van der Waals surface area contributed by atoms with E-state index in [-0.39, 0.29) is 18.8 Å². The largest absolute Gasteiger partial charge is 0.480 e. The number of benzene rings is 2. The summed E-state index contributed by atoms with van der Waals surface area (Å²) in [6.07, 6.45) is 1.20. The zero-order valence-corrected chi connectivity index (χ0v) is 23.5. The van der Waals surface area contributed by atoms with E-state index in [4.69, 9.17) is 5.73 Å². The molecule has 3 rings (SSSR count). The van der Waals surface area contributed by atoms with Crippen LogP contribution in [0.2, 0.25) is 0 Å².